The average Bonchev–Trinajstić information content (AvgIpc) is 3.24. The van der Waals surface area contributed by atoms with Crippen LogP contribution in [-0.4, -0.2) is 96.0 Å². The van der Waals surface area contributed by atoms with E-state index in [4.69, 9.17) is 30.5 Å². The maximum Gasteiger partial charge on any atom is 0.264 e. The number of aryl methyl sites for hydroxylation is 1. The van der Waals surface area contributed by atoms with Gasteiger partial charge in [-0.3, -0.25) is 9.69 Å². The quantitative estimate of drug-likeness (QED) is 0.406. The van der Waals surface area contributed by atoms with E-state index in [9.17, 15) is 13.2 Å². The molecule has 0 unspecified atom stereocenters. The highest BCUT2D eigenvalue weighted by Crippen LogP contribution is 2.49. The van der Waals surface area contributed by atoms with Crippen LogP contribution in [0.25, 0.3) is 0 Å². The number of benzene rings is 2. The summed E-state index contributed by atoms with van der Waals surface area (Å²) in [4.78, 5) is 18.6. The zero-order valence-electron chi connectivity index (χ0n) is 31.1. The van der Waals surface area contributed by atoms with Crippen molar-refractivity contribution in [3.05, 3.63) is 58.1 Å². The number of fused-ring (bicyclic) bond motifs is 4. The third kappa shape index (κ3) is 6.69. The highest BCUT2D eigenvalue weighted by Gasteiger charge is 2.52. The van der Waals surface area contributed by atoms with Gasteiger partial charge in [-0.1, -0.05) is 31.0 Å². The highest BCUT2D eigenvalue weighted by molar-refractivity contribution is 7.90. The molecule has 53 heavy (non-hydrogen) atoms. The van der Waals surface area contributed by atoms with Gasteiger partial charge in [0.15, 0.2) is 6.29 Å². The number of anilines is 1. The standard InChI is InChI=1S/C41H54ClN3O7S/c1-26-5-3-7-34(39-50-18-32(19-51-39)45-20-40(21-45)23-49-24-40)33-11-8-30(33)17-44-22-41(14-4-6-28-15-31(42)10-12-35(28)41)25-52-37-13-9-29(16-36(37)44)38(46)43-53(47,48)27(26)2/h9-10,12-13,15-16,26-27,30,32-34,39H,3-8,11,14,17-25H2,1-2H3,(H,43,46)/t26-,27+,30-,32-,33+,34-,39-,41-/m0/s1. The summed E-state index contributed by atoms with van der Waals surface area (Å²) in [5, 5.41) is 0.0278. The fraction of sp³-hybridized carbons (Fsp3) is 0.683. The fourth-order valence-corrected chi connectivity index (χ4v) is 12.1. The summed E-state index contributed by atoms with van der Waals surface area (Å²) in [6, 6.07) is 12.0. The van der Waals surface area contributed by atoms with E-state index in [0.29, 0.717) is 42.6 Å². The number of nitrogens with one attached hydrogen (secondary N) is 1. The summed E-state index contributed by atoms with van der Waals surface area (Å²) in [5.41, 5.74) is 3.84. The number of halogens is 1. The lowest BCUT2D eigenvalue weighted by molar-refractivity contribution is -0.267. The summed E-state index contributed by atoms with van der Waals surface area (Å²) >= 11 is 6.50. The van der Waals surface area contributed by atoms with E-state index in [1.807, 2.05) is 25.1 Å². The van der Waals surface area contributed by atoms with Gasteiger partial charge in [0.05, 0.1) is 50.0 Å². The topological polar surface area (TPSA) is 107 Å². The maximum absolute atomic E-state index is 13.6. The van der Waals surface area contributed by atoms with E-state index in [1.165, 1.54) is 11.1 Å². The Bertz CT molecular complexity index is 1820. The molecule has 1 amide bonds. The Labute approximate surface area is 319 Å². The van der Waals surface area contributed by atoms with Crippen molar-refractivity contribution in [2.24, 2.45) is 29.1 Å². The summed E-state index contributed by atoms with van der Waals surface area (Å²) in [5.74, 6) is 1.04. The molecule has 6 atom stereocenters. The first-order valence-electron chi connectivity index (χ1n) is 19.9. The third-order valence-electron chi connectivity index (χ3n) is 14.2. The molecule has 2 bridgehead atoms. The van der Waals surface area contributed by atoms with Gasteiger partial charge in [-0.05, 0) is 111 Å². The second-order valence-electron chi connectivity index (χ2n) is 17.6. The van der Waals surface area contributed by atoms with Crippen molar-refractivity contribution in [1.29, 1.82) is 0 Å². The van der Waals surface area contributed by atoms with Crippen LogP contribution >= 0.6 is 11.6 Å². The second kappa shape index (κ2) is 14.0. The van der Waals surface area contributed by atoms with Crippen LogP contribution in [0.3, 0.4) is 0 Å². The minimum Gasteiger partial charge on any atom is -0.490 e. The number of carbonyl (C=O) groups excluding carboxylic acids is 1. The number of carbonyl (C=O) groups is 1. The number of rotatable bonds is 2. The van der Waals surface area contributed by atoms with Crippen molar-refractivity contribution < 1.29 is 32.2 Å². The SMILES string of the molecule is C[C@@H]1[C@@H](C)CCC[C@H]([C@H]2OC[C@H](N3CC4(COC4)C3)CO2)[C@@H]2CC[C@H]2CN2C[C@@]3(CCCc4cc(Cl)ccc43)COc3ccc(cc32)C(=O)NS1(=O)=O. The number of amides is 1. The zero-order valence-corrected chi connectivity index (χ0v) is 32.6. The number of likely N-dealkylation sites (tertiary alicyclic amines) is 1. The van der Waals surface area contributed by atoms with E-state index in [1.54, 1.807) is 13.0 Å². The molecule has 7 aliphatic rings. The lowest BCUT2D eigenvalue weighted by atomic mass is 9.64. The number of ether oxygens (including phenoxy) is 4. The summed E-state index contributed by atoms with van der Waals surface area (Å²) in [6.07, 6.45) is 7.49. The van der Waals surface area contributed by atoms with Crippen molar-refractivity contribution in [2.45, 2.75) is 88.2 Å². The number of sulfonamides is 1. The van der Waals surface area contributed by atoms with E-state index < -0.39 is 21.2 Å². The first-order valence-corrected chi connectivity index (χ1v) is 21.9. The fourth-order valence-electron chi connectivity index (χ4n) is 10.6. The predicted octanol–water partition coefficient (Wildman–Crippen LogP) is 5.80. The molecule has 5 aliphatic heterocycles. The van der Waals surface area contributed by atoms with E-state index in [2.05, 4.69) is 26.7 Å². The maximum atomic E-state index is 13.6. The Hall–Kier alpha value is -2.41. The molecule has 1 saturated carbocycles. The van der Waals surface area contributed by atoms with Crippen molar-refractivity contribution in [3.8, 4) is 5.75 Å². The molecule has 3 saturated heterocycles. The van der Waals surface area contributed by atoms with Gasteiger partial charge in [-0.15, -0.1) is 0 Å². The molecule has 0 aromatic heterocycles. The summed E-state index contributed by atoms with van der Waals surface area (Å²) < 4.78 is 55.1. The largest absolute Gasteiger partial charge is 0.490 e. The van der Waals surface area contributed by atoms with Crippen LogP contribution in [0, 0.1) is 29.1 Å². The van der Waals surface area contributed by atoms with Crippen molar-refractivity contribution in [1.82, 2.24) is 9.62 Å². The van der Waals surface area contributed by atoms with Crippen LogP contribution in [0.4, 0.5) is 5.69 Å². The molecule has 2 aliphatic carbocycles. The van der Waals surface area contributed by atoms with Crippen LogP contribution in [0.5, 0.6) is 5.75 Å². The van der Waals surface area contributed by atoms with Gasteiger partial charge < -0.3 is 23.8 Å². The van der Waals surface area contributed by atoms with Crippen LogP contribution < -0.4 is 14.4 Å². The van der Waals surface area contributed by atoms with E-state index >= 15 is 0 Å². The van der Waals surface area contributed by atoms with Crippen LogP contribution in [0.2, 0.25) is 5.02 Å². The van der Waals surface area contributed by atoms with Gasteiger partial charge in [0.1, 0.15) is 5.75 Å². The molecule has 1 N–H and O–H groups in total. The second-order valence-corrected chi connectivity index (χ2v) is 20.1. The van der Waals surface area contributed by atoms with Gasteiger partial charge in [0.25, 0.3) is 5.91 Å². The first-order chi connectivity index (χ1) is 25.5. The Morgan fingerprint density at radius 2 is 1.72 bits per heavy atom. The molecule has 5 heterocycles. The van der Waals surface area contributed by atoms with E-state index in [-0.39, 0.29) is 29.6 Å². The molecule has 2 aromatic rings. The molecule has 2 aromatic carbocycles. The smallest absolute Gasteiger partial charge is 0.264 e. The van der Waals surface area contributed by atoms with Gasteiger partial charge in [0.2, 0.25) is 10.0 Å². The minimum atomic E-state index is -3.91. The van der Waals surface area contributed by atoms with Crippen LogP contribution in [0.15, 0.2) is 36.4 Å². The average molecular weight is 768 g/mol. The lowest BCUT2D eigenvalue weighted by Gasteiger charge is -2.58. The lowest BCUT2D eigenvalue weighted by Crippen LogP contribution is -2.70. The molecule has 4 fully saturated rings. The Balaban J connectivity index is 1.03. The predicted molar refractivity (Wildman–Crippen MR) is 203 cm³/mol. The molecule has 2 spiro atoms. The number of nitrogens with zero attached hydrogens (tertiary/aromatic N) is 2. The number of hydrogen-bond acceptors (Lipinski definition) is 9. The molecular weight excluding hydrogens is 714 g/mol. The monoisotopic (exact) mass is 767 g/mol. The minimum absolute atomic E-state index is 0.127. The highest BCUT2D eigenvalue weighted by atomic mass is 35.5. The van der Waals surface area contributed by atoms with Gasteiger partial charge in [-0.2, -0.15) is 0 Å². The van der Waals surface area contributed by atoms with Crippen LogP contribution in [0.1, 0.15) is 80.3 Å². The van der Waals surface area contributed by atoms with Crippen molar-refractivity contribution >= 4 is 33.2 Å². The molecule has 9 rings (SSSR count). The van der Waals surface area contributed by atoms with Crippen LogP contribution in [-0.2, 0) is 36.1 Å². The van der Waals surface area contributed by atoms with Gasteiger partial charge in [0, 0.05) is 53.5 Å². The molecule has 12 heteroatoms. The van der Waals surface area contributed by atoms with Gasteiger partial charge >= 0.3 is 0 Å². The first kappa shape index (κ1) is 36.2. The molecule has 10 nitrogen and oxygen atoms in total. The normalized spacial score (nSPS) is 36.8. The molecular formula is C41H54ClN3O7S. The summed E-state index contributed by atoms with van der Waals surface area (Å²) in [6.45, 7) is 11.0. The van der Waals surface area contributed by atoms with Crippen molar-refractivity contribution in [2.75, 3.05) is 64.1 Å². The Morgan fingerprint density at radius 1 is 0.906 bits per heavy atom. The number of hydrogen-bond donors (Lipinski definition) is 1. The zero-order chi connectivity index (χ0) is 36.5. The Morgan fingerprint density at radius 3 is 2.45 bits per heavy atom. The van der Waals surface area contributed by atoms with Crippen molar-refractivity contribution in [3.63, 3.8) is 0 Å². The summed E-state index contributed by atoms with van der Waals surface area (Å²) in [7, 11) is -3.91. The van der Waals surface area contributed by atoms with E-state index in [0.717, 1.165) is 107 Å². The molecule has 288 valence electrons. The third-order valence-corrected chi connectivity index (χ3v) is 16.3. The Kier molecular flexibility index (Phi) is 9.54. The van der Waals surface area contributed by atoms with Gasteiger partial charge in [-0.25, -0.2) is 13.1 Å². The molecule has 0 radical (unpaired) electrons.